The van der Waals surface area contributed by atoms with Crippen molar-refractivity contribution in [3.8, 4) is 16.9 Å². The first-order valence-electron chi connectivity index (χ1n) is 9.63. The van der Waals surface area contributed by atoms with Crippen LogP contribution in [0.15, 0.2) is 84.3 Å². The van der Waals surface area contributed by atoms with Crippen molar-refractivity contribution < 1.29 is 9.18 Å². The molecule has 32 heavy (non-hydrogen) atoms. The van der Waals surface area contributed by atoms with Gasteiger partial charge in [-0.2, -0.15) is 0 Å². The molecular weight excluding hydrogens is 411 g/mol. The molecule has 5 rings (SSSR count). The van der Waals surface area contributed by atoms with Gasteiger partial charge in [-0.3, -0.25) is 14.2 Å². The van der Waals surface area contributed by atoms with Gasteiger partial charge in [-0.1, -0.05) is 12.1 Å². The number of nitrogens with one attached hydrogen (secondary N) is 2. The normalized spacial score (nSPS) is 10.9. The molecule has 3 aromatic heterocycles. The van der Waals surface area contributed by atoms with Crippen LogP contribution in [0.5, 0.6) is 0 Å². The van der Waals surface area contributed by atoms with Crippen molar-refractivity contribution in [1.82, 2.24) is 24.5 Å². The topological polar surface area (TPSA) is 106 Å². The Kier molecular flexibility index (Phi) is 4.75. The molecule has 0 bridgehead atoms. The highest BCUT2D eigenvalue weighted by Gasteiger charge is 2.15. The van der Waals surface area contributed by atoms with Gasteiger partial charge in [0.15, 0.2) is 5.65 Å². The molecule has 156 valence electrons. The zero-order chi connectivity index (χ0) is 22.1. The Morgan fingerprint density at radius 1 is 1.00 bits per heavy atom. The molecule has 0 saturated heterocycles. The molecule has 0 radical (unpaired) electrons. The first kappa shape index (κ1) is 19.3. The molecule has 0 aliphatic heterocycles. The number of nitrogens with zero attached hydrogens (tertiary/aromatic N) is 4. The predicted molar refractivity (Wildman–Crippen MR) is 117 cm³/mol. The maximum absolute atomic E-state index is 13.2. The van der Waals surface area contributed by atoms with Gasteiger partial charge in [0.1, 0.15) is 23.2 Å². The monoisotopic (exact) mass is 426 g/mol. The van der Waals surface area contributed by atoms with Crippen LogP contribution in [-0.2, 0) is 0 Å². The molecule has 0 saturated carbocycles. The zero-order valence-corrected chi connectivity index (χ0v) is 16.5. The summed E-state index contributed by atoms with van der Waals surface area (Å²) >= 11 is 0. The number of H-pyrrole nitrogens is 1. The number of halogens is 1. The number of carbonyl (C=O) groups excluding carboxylic acids is 1. The lowest BCUT2D eigenvalue weighted by molar-refractivity contribution is 0.102. The average molecular weight is 426 g/mol. The van der Waals surface area contributed by atoms with Crippen LogP contribution in [0.2, 0.25) is 0 Å². The fourth-order valence-corrected chi connectivity index (χ4v) is 3.40. The predicted octanol–water partition coefficient (Wildman–Crippen LogP) is 3.56. The number of hydrogen-bond donors (Lipinski definition) is 2. The van der Waals surface area contributed by atoms with Gasteiger partial charge in [-0.05, 0) is 48.5 Å². The summed E-state index contributed by atoms with van der Waals surface area (Å²) in [6.07, 6.45) is 4.49. The van der Waals surface area contributed by atoms with Crippen LogP contribution < -0.4 is 10.9 Å². The summed E-state index contributed by atoms with van der Waals surface area (Å²) in [6, 6.07) is 15.6. The Bertz CT molecular complexity index is 1510. The summed E-state index contributed by atoms with van der Waals surface area (Å²) in [6.45, 7) is 0. The van der Waals surface area contributed by atoms with Gasteiger partial charge in [0, 0.05) is 23.1 Å². The molecule has 8 nitrogen and oxygen atoms in total. The molecule has 9 heteroatoms. The number of hydrogen-bond acceptors (Lipinski definition) is 5. The van der Waals surface area contributed by atoms with Gasteiger partial charge in [0.25, 0.3) is 11.5 Å². The molecular formula is C23H15FN6O2. The van der Waals surface area contributed by atoms with E-state index in [0.29, 0.717) is 28.2 Å². The van der Waals surface area contributed by atoms with Gasteiger partial charge >= 0.3 is 0 Å². The molecule has 1 amide bonds. The third kappa shape index (κ3) is 3.52. The van der Waals surface area contributed by atoms with E-state index in [2.05, 4.69) is 25.3 Å². The number of aromatic nitrogens is 5. The van der Waals surface area contributed by atoms with Gasteiger partial charge in [0.2, 0.25) is 0 Å². The Labute approximate surface area is 180 Å². The van der Waals surface area contributed by atoms with E-state index in [1.807, 2.05) is 6.07 Å². The largest absolute Gasteiger partial charge is 0.341 e. The number of amides is 1. The minimum absolute atomic E-state index is 0.0415. The summed E-state index contributed by atoms with van der Waals surface area (Å²) in [5.41, 5.74) is 3.01. The molecule has 3 heterocycles. The second kappa shape index (κ2) is 7.88. The van der Waals surface area contributed by atoms with Crippen LogP contribution in [-0.4, -0.2) is 30.4 Å². The molecule has 5 aromatic rings. The molecule has 0 aliphatic rings. The molecule has 0 unspecified atom stereocenters. The summed E-state index contributed by atoms with van der Waals surface area (Å²) < 4.78 is 14.5. The van der Waals surface area contributed by atoms with Crippen LogP contribution >= 0.6 is 0 Å². The van der Waals surface area contributed by atoms with Crippen molar-refractivity contribution in [2.24, 2.45) is 0 Å². The Morgan fingerprint density at radius 3 is 2.69 bits per heavy atom. The van der Waals surface area contributed by atoms with Gasteiger partial charge < -0.3 is 10.3 Å². The van der Waals surface area contributed by atoms with E-state index in [1.54, 1.807) is 24.3 Å². The summed E-state index contributed by atoms with van der Waals surface area (Å²) in [7, 11) is 0. The lowest BCUT2D eigenvalue weighted by Gasteiger charge is -2.10. The first-order valence-corrected chi connectivity index (χ1v) is 9.63. The average Bonchev–Trinajstić information content (AvgIpc) is 3.29. The highest BCUT2D eigenvalue weighted by Crippen LogP contribution is 2.25. The Hall–Kier alpha value is -4.66. The van der Waals surface area contributed by atoms with Crippen LogP contribution in [0.25, 0.3) is 28.1 Å². The molecule has 0 spiro atoms. The molecule has 0 atom stereocenters. The Balaban J connectivity index is 1.46. The van der Waals surface area contributed by atoms with Crippen LogP contribution in [0, 0.1) is 5.82 Å². The second-order valence-corrected chi connectivity index (χ2v) is 6.93. The maximum atomic E-state index is 13.2. The van der Waals surface area contributed by atoms with Crippen molar-refractivity contribution in [2.45, 2.75) is 0 Å². The third-order valence-corrected chi connectivity index (χ3v) is 4.91. The fraction of sp³-hybridized carbons (Fsp3) is 0. The van der Waals surface area contributed by atoms with E-state index >= 15 is 0 Å². The smallest absolute Gasteiger partial charge is 0.267 e. The summed E-state index contributed by atoms with van der Waals surface area (Å²) in [5, 5.41) is 2.76. The van der Waals surface area contributed by atoms with Gasteiger partial charge in [-0.15, -0.1) is 0 Å². The Morgan fingerprint density at radius 2 is 1.84 bits per heavy atom. The van der Waals surface area contributed by atoms with Crippen molar-refractivity contribution in [3.05, 3.63) is 101 Å². The number of carbonyl (C=O) groups is 1. The van der Waals surface area contributed by atoms with Crippen molar-refractivity contribution in [3.63, 3.8) is 0 Å². The second-order valence-electron chi connectivity index (χ2n) is 6.93. The fourth-order valence-electron chi connectivity index (χ4n) is 3.40. The van der Waals surface area contributed by atoms with E-state index in [1.165, 1.54) is 53.8 Å². The summed E-state index contributed by atoms with van der Waals surface area (Å²) in [5.74, 6) is -0.968. The number of pyridine rings is 1. The van der Waals surface area contributed by atoms with E-state index in [4.69, 9.17) is 0 Å². The standard InChI is InChI=1S/C23H15FN6O2/c24-15-6-8-17(9-7-15)30-10-2-5-18(23(30)32)22(31)29-16-4-1-3-14(11-16)19-20-21(27-12-25-19)28-13-26-20/h1-13H,(H,29,31)(H,25,26,27,28). The van der Waals surface area contributed by atoms with Crippen molar-refractivity contribution in [1.29, 1.82) is 0 Å². The molecule has 2 N–H and O–H groups in total. The SMILES string of the molecule is O=C(Nc1cccc(-c2ncnc3nc[nH]c23)c1)c1cccn(-c2ccc(F)cc2)c1=O. The number of rotatable bonds is 4. The highest BCUT2D eigenvalue weighted by atomic mass is 19.1. The van der Waals surface area contributed by atoms with Crippen LogP contribution in [0.3, 0.4) is 0 Å². The van der Waals surface area contributed by atoms with Crippen LogP contribution in [0.4, 0.5) is 10.1 Å². The zero-order valence-electron chi connectivity index (χ0n) is 16.5. The first-order chi connectivity index (χ1) is 15.6. The van der Waals surface area contributed by atoms with Crippen molar-refractivity contribution >= 4 is 22.8 Å². The van der Waals surface area contributed by atoms with E-state index in [-0.39, 0.29) is 5.56 Å². The maximum Gasteiger partial charge on any atom is 0.267 e. The number of benzene rings is 2. The van der Waals surface area contributed by atoms with Gasteiger partial charge in [0.05, 0.1) is 12.0 Å². The third-order valence-electron chi connectivity index (χ3n) is 4.91. The number of anilines is 1. The quantitative estimate of drug-likeness (QED) is 0.457. The number of imidazole rings is 1. The van der Waals surface area contributed by atoms with Gasteiger partial charge in [-0.25, -0.2) is 19.3 Å². The number of aromatic amines is 1. The lowest BCUT2D eigenvalue weighted by Crippen LogP contribution is -2.27. The van der Waals surface area contributed by atoms with E-state index in [0.717, 1.165) is 5.56 Å². The molecule has 0 aliphatic carbocycles. The minimum atomic E-state index is -0.557. The van der Waals surface area contributed by atoms with Crippen LogP contribution in [0.1, 0.15) is 10.4 Å². The van der Waals surface area contributed by atoms with Crippen molar-refractivity contribution in [2.75, 3.05) is 5.32 Å². The molecule has 2 aromatic carbocycles. The number of fused-ring (bicyclic) bond motifs is 1. The highest BCUT2D eigenvalue weighted by molar-refractivity contribution is 6.04. The molecule has 0 fully saturated rings. The van der Waals surface area contributed by atoms with E-state index in [9.17, 15) is 14.0 Å². The minimum Gasteiger partial charge on any atom is -0.341 e. The summed E-state index contributed by atoms with van der Waals surface area (Å²) in [4.78, 5) is 41.3. The van der Waals surface area contributed by atoms with E-state index < -0.39 is 17.3 Å². The lowest BCUT2D eigenvalue weighted by atomic mass is 10.1.